The molecule has 0 bridgehead atoms. The molecule has 0 saturated carbocycles. The molecule has 1 N–H and O–H groups in total. The van der Waals surface area contributed by atoms with Crippen molar-refractivity contribution in [3.8, 4) is 0 Å². The number of benzene rings is 1. The number of carbonyl (C=O) groups excluding carboxylic acids is 1. The van der Waals surface area contributed by atoms with E-state index in [2.05, 4.69) is 17.1 Å². The fourth-order valence-corrected chi connectivity index (χ4v) is 2.27. The fraction of sp³-hybridized carbons (Fsp3) is 0.375. The number of rotatable bonds is 5. The smallest absolute Gasteiger partial charge is 0.262 e. The van der Waals surface area contributed by atoms with Crippen LogP contribution >= 0.6 is 0 Å². The van der Waals surface area contributed by atoms with Gasteiger partial charge in [-0.3, -0.25) is 9.89 Å². The first kappa shape index (κ1) is 14.3. The third-order valence-corrected chi connectivity index (χ3v) is 3.39. The van der Waals surface area contributed by atoms with Crippen LogP contribution in [-0.2, 0) is 0 Å². The van der Waals surface area contributed by atoms with Crippen LogP contribution in [0.3, 0.4) is 0 Å². The number of aromatic nitrogens is 2. The first-order valence-electron chi connectivity index (χ1n) is 7.03. The first-order valence-corrected chi connectivity index (χ1v) is 7.03. The van der Waals surface area contributed by atoms with Gasteiger partial charge in [-0.2, -0.15) is 5.10 Å². The lowest BCUT2D eigenvalue weighted by Gasteiger charge is -2.23. The third kappa shape index (κ3) is 2.90. The van der Waals surface area contributed by atoms with Gasteiger partial charge < -0.3 is 4.90 Å². The largest absolute Gasteiger partial charge is 0.308 e. The lowest BCUT2D eigenvalue weighted by molar-refractivity contribution is 0.0985. The zero-order valence-electron chi connectivity index (χ0n) is 12.3. The summed E-state index contributed by atoms with van der Waals surface area (Å²) in [5.74, 6) is 0.0217. The Morgan fingerprint density at radius 2 is 1.95 bits per heavy atom. The second-order valence-corrected chi connectivity index (χ2v) is 4.95. The van der Waals surface area contributed by atoms with Crippen LogP contribution in [-0.4, -0.2) is 22.6 Å². The minimum absolute atomic E-state index is 0.0217. The molecule has 0 aliphatic carbocycles. The number of anilines is 1. The second-order valence-electron chi connectivity index (χ2n) is 4.95. The number of nitrogens with zero attached hydrogens (tertiary/aromatic N) is 2. The maximum absolute atomic E-state index is 12.8. The number of nitrogens with one attached hydrogen (secondary N) is 1. The summed E-state index contributed by atoms with van der Waals surface area (Å²) in [5.41, 5.74) is 3.20. The molecule has 1 aromatic heterocycles. The number of para-hydroxylation sites is 1. The molecule has 2 rings (SSSR count). The van der Waals surface area contributed by atoms with E-state index in [1.54, 1.807) is 0 Å². The van der Waals surface area contributed by atoms with E-state index in [-0.39, 0.29) is 5.91 Å². The van der Waals surface area contributed by atoms with E-state index in [0.29, 0.717) is 5.56 Å². The van der Waals surface area contributed by atoms with Gasteiger partial charge in [0.1, 0.15) is 0 Å². The van der Waals surface area contributed by atoms with Crippen LogP contribution in [0.5, 0.6) is 0 Å². The summed E-state index contributed by atoms with van der Waals surface area (Å²) in [4.78, 5) is 14.7. The van der Waals surface area contributed by atoms with Crippen molar-refractivity contribution in [2.75, 3.05) is 11.4 Å². The Morgan fingerprint density at radius 3 is 2.50 bits per heavy atom. The van der Waals surface area contributed by atoms with Crippen molar-refractivity contribution >= 4 is 11.6 Å². The molecular formula is C16H21N3O. The van der Waals surface area contributed by atoms with Gasteiger partial charge in [-0.15, -0.1) is 0 Å². The standard InChI is InChI=1S/C16H21N3O/c1-4-5-11-19(14-9-7-6-8-10-14)16(20)15-12(2)17-18-13(15)3/h6-10H,4-5,11H2,1-3H3,(H,17,18). The van der Waals surface area contributed by atoms with Gasteiger partial charge in [0, 0.05) is 17.9 Å². The highest BCUT2D eigenvalue weighted by Gasteiger charge is 2.22. The predicted octanol–water partition coefficient (Wildman–Crippen LogP) is 3.47. The Bertz CT molecular complexity index is 555. The monoisotopic (exact) mass is 271 g/mol. The topological polar surface area (TPSA) is 49.0 Å². The van der Waals surface area contributed by atoms with E-state index < -0.39 is 0 Å². The van der Waals surface area contributed by atoms with Crippen LogP contribution in [0.4, 0.5) is 5.69 Å². The molecular weight excluding hydrogens is 250 g/mol. The van der Waals surface area contributed by atoms with Gasteiger partial charge in [0.15, 0.2) is 0 Å². The number of H-pyrrole nitrogens is 1. The van der Waals surface area contributed by atoms with E-state index in [1.165, 1.54) is 0 Å². The van der Waals surface area contributed by atoms with E-state index in [4.69, 9.17) is 0 Å². The molecule has 0 radical (unpaired) electrons. The summed E-state index contributed by atoms with van der Waals surface area (Å²) in [6, 6.07) is 9.81. The molecule has 1 aromatic carbocycles. The fourth-order valence-electron chi connectivity index (χ4n) is 2.27. The molecule has 106 valence electrons. The van der Waals surface area contributed by atoms with Crippen LogP contribution in [0.2, 0.25) is 0 Å². The van der Waals surface area contributed by atoms with E-state index in [9.17, 15) is 4.79 Å². The zero-order valence-corrected chi connectivity index (χ0v) is 12.3. The molecule has 0 aliphatic rings. The Balaban J connectivity index is 2.34. The maximum Gasteiger partial charge on any atom is 0.262 e. The summed E-state index contributed by atoms with van der Waals surface area (Å²) >= 11 is 0. The molecule has 0 aliphatic heterocycles. The van der Waals surface area contributed by atoms with Crippen LogP contribution < -0.4 is 4.90 Å². The minimum Gasteiger partial charge on any atom is -0.308 e. The van der Waals surface area contributed by atoms with Crippen molar-refractivity contribution in [3.63, 3.8) is 0 Å². The Kier molecular flexibility index (Phi) is 4.56. The molecule has 4 heteroatoms. The number of hydrogen-bond donors (Lipinski definition) is 1. The third-order valence-electron chi connectivity index (χ3n) is 3.39. The predicted molar refractivity (Wildman–Crippen MR) is 81.1 cm³/mol. The summed E-state index contributed by atoms with van der Waals surface area (Å²) in [6.07, 6.45) is 2.04. The molecule has 2 aromatic rings. The molecule has 4 nitrogen and oxygen atoms in total. The van der Waals surface area contributed by atoms with Gasteiger partial charge in [-0.1, -0.05) is 31.5 Å². The lowest BCUT2D eigenvalue weighted by atomic mass is 10.1. The molecule has 0 fully saturated rings. The number of aryl methyl sites for hydroxylation is 2. The SMILES string of the molecule is CCCCN(C(=O)c1c(C)n[nH]c1C)c1ccccc1. The summed E-state index contributed by atoms with van der Waals surface area (Å²) in [5, 5.41) is 7.00. The van der Waals surface area contributed by atoms with Crippen molar-refractivity contribution in [2.24, 2.45) is 0 Å². The Morgan fingerprint density at radius 1 is 1.25 bits per heavy atom. The zero-order chi connectivity index (χ0) is 14.5. The van der Waals surface area contributed by atoms with Crippen molar-refractivity contribution in [3.05, 3.63) is 47.3 Å². The van der Waals surface area contributed by atoms with Crippen molar-refractivity contribution in [1.82, 2.24) is 10.2 Å². The molecule has 0 saturated heterocycles. The summed E-state index contributed by atoms with van der Waals surface area (Å²) in [7, 11) is 0. The lowest BCUT2D eigenvalue weighted by Crippen LogP contribution is -2.32. The second kappa shape index (κ2) is 6.37. The number of carbonyl (C=O) groups is 1. The van der Waals surface area contributed by atoms with Crippen LogP contribution in [0.15, 0.2) is 30.3 Å². The summed E-state index contributed by atoms with van der Waals surface area (Å²) < 4.78 is 0. The average molecular weight is 271 g/mol. The number of aromatic amines is 1. The highest BCUT2D eigenvalue weighted by atomic mass is 16.2. The van der Waals surface area contributed by atoms with E-state index in [0.717, 1.165) is 36.5 Å². The number of amides is 1. The van der Waals surface area contributed by atoms with Gasteiger partial charge in [0.05, 0.1) is 11.3 Å². The average Bonchev–Trinajstić information content (AvgIpc) is 2.79. The van der Waals surface area contributed by atoms with Gasteiger partial charge in [-0.25, -0.2) is 0 Å². The quantitative estimate of drug-likeness (QED) is 0.905. The van der Waals surface area contributed by atoms with Crippen molar-refractivity contribution < 1.29 is 4.79 Å². The molecule has 1 heterocycles. The van der Waals surface area contributed by atoms with E-state index in [1.807, 2.05) is 49.1 Å². The Labute approximate surface area is 119 Å². The highest BCUT2D eigenvalue weighted by Crippen LogP contribution is 2.20. The molecule has 0 spiro atoms. The molecule has 20 heavy (non-hydrogen) atoms. The number of hydrogen-bond acceptors (Lipinski definition) is 2. The van der Waals surface area contributed by atoms with Gasteiger partial charge in [0.2, 0.25) is 0 Å². The van der Waals surface area contributed by atoms with Gasteiger partial charge in [0.25, 0.3) is 5.91 Å². The van der Waals surface area contributed by atoms with E-state index >= 15 is 0 Å². The van der Waals surface area contributed by atoms with Crippen LogP contribution in [0, 0.1) is 13.8 Å². The van der Waals surface area contributed by atoms with Gasteiger partial charge >= 0.3 is 0 Å². The normalized spacial score (nSPS) is 10.6. The van der Waals surface area contributed by atoms with Gasteiger partial charge in [-0.05, 0) is 32.4 Å². The van der Waals surface area contributed by atoms with Crippen LogP contribution in [0.25, 0.3) is 0 Å². The molecule has 0 unspecified atom stereocenters. The maximum atomic E-state index is 12.8. The summed E-state index contributed by atoms with van der Waals surface area (Å²) in [6.45, 7) is 6.60. The van der Waals surface area contributed by atoms with Crippen LogP contribution in [0.1, 0.15) is 41.5 Å². The number of unbranched alkanes of at least 4 members (excludes halogenated alkanes) is 1. The minimum atomic E-state index is 0.0217. The Hall–Kier alpha value is -2.10. The molecule has 1 amide bonds. The molecule has 0 atom stereocenters. The van der Waals surface area contributed by atoms with Crippen molar-refractivity contribution in [1.29, 1.82) is 0 Å². The van der Waals surface area contributed by atoms with Crippen molar-refractivity contribution in [2.45, 2.75) is 33.6 Å². The highest BCUT2D eigenvalue weighted by molar-refractivity contribution is 6.07. The first-order chi connectivity index (χ1) is 9.65.